The summed E-state index contributed by atoms with van der Waals surface area (Å²) in [7, 11) is 0. The Bertz CT molecular complexity index is 459. The van der Waals surface area contributed by atoms with Crippen LogP contribution >= 0.6 is 11.3 Å². The molecule has 0 fully saturated rings. The second-order valence-corrected chi connectivity index (χ2v) is 5.62. The van der Waals surface area contributed by atoms with E-state index < -0.39 is 0 Å². The summed E-state index contributed by atoms with van der Waals surface area (Å²) in [5, 5.41) is 1.18. The first-order valence-electron chi connectivity index (χ1n) is 6.33. The fourth-order valence-corrected chi connectivity index (χ4v) is 3.00. The van der Waals surface area contributed by atoms with Gasteiger partial charge in [-0.25, -0.2) is 4.98 Å². The fraction of sp³-hybridized carbons (Fsp3) is 0.400. The molecule has 1 aromatic carbocycles. The van der Waals surface area contributed by atoms with E-state index >= 15 is 0 Å². The lowest BCUT2D eigenvalue weighted by molar-refractivity contribution is 0.722. The molecule has 0 saturated heterocycles. The first-order valence-corrected chi connectivity index (χ1v) is 7.14. The minimum absolute atomic E-state index is 1.17. The van der Waals surface area contributed by atoms with E-state index in [1.165, 1.54) is 46.8 Å². The highest BCUT2D eigenvalue weighted by atomic mass is 32.1. The maximum atomic E-state index is 4.68. The zero-order valence-corrected chi connectivity index (χ0v) is 11.4. The van der Waals surface area contributed by atoms with Crippen LogP contribution in [0.4, 0.5) is 0 Å². The molecule has 1 nitrogen and oxygen atoms in total. The third kappa shape index (κ3) is 3.16. The quantitative estimate of drug-likeness (QED) is 0.686. The van der Waals surface area contributed by atoms with Gasteiger partial charge in [0.2, 0.25) is 0 Å². The minimum Gasteiger partial charge on any atom is -0.241 e. The van der Waals surface area contributed by atoms with Crippen LogP contribution in [0.1, 0.15) is 36.1 Å². The summed E-state index contributed by atoms with van der Waals surface area (Å²) in [5.74, 6) is 0. The van der Waals surface area contributed by atoms with Crippen LogP contribution in [-0.4, -0.2) is 4.98 Å². The van der Waals surface area contributed by atoms with E-state index in [1.54, 1.807) is 0 Å². The Kier molecular flexibility index (Phi) is 4.32. The lowest BCUT2D eigenvalue weighted by Crippen LogP contribution is -1.86. The zero-order valence-electron chi connectivity index (χ0n) is 10.6. The number of unbranched alkanes of at least 4 members (excludes halogenated alkanes) is 2. The van der Waals surface area contributed by atoms with Gasteiger partial charge >= 0.3 is 0 Å². The first-order chi connectivity index (χ1) is 8.31. The Morgan fingerprint density at radius 2 is 1.88 bits per heavy atom. The van der Waals surface area contributed by atoms with Crippen LogP contribution in [-0.2, 0) is 6.42 Å². The molecule has 2 rings (SSSR count). The Labute approximate surface area is 108 Å². The predicted octanol–water partition coefficient (Wildman–Crippen LogP) is 4.85. The molecule has 0 saturated carbocycles. The van der Waals surface area contributed by atoms with Gasteiger partial charge in [0.25, 0.3) is 0 Å². The zero-order chi connectivity index (χ0) is 12.1. The van der Waals surface area contributed by atoms with Crippen LogP contribution in [0.3, 0.4) is 0 Å². The summed E-state index contributed by atoms with van der Waals surface area (Å²) >= 11 is 1.85. The van der Waals surface area contributed by atoms with Crippen LogP contribution in [0.25, 0.3) is 11.3 Å². The van der Waals surface area contributed by atoms with Gasteiger partial charge in [-0.2, -0.15) is 0 Å². The van der Waals surface area contributed by atoms with Crippen molar-refractivity contribution in [3.8, 4) is 11.3 Å². The number of hydrogen-bond donors (Lipinski definition) is 0. The molecule has 0 bridgehead atoms. The molecule has 2 heteroatoms. The number of aromatic nitrogens is 1. The van der Waals surface area contributed by atoms with Gasteiger partial charge in [0, 0.05) is 10.4 Å². The van der Waals surface area contributed by atoms with Gasteiger partial charge in [0.15, 0.2) is 0 Å². The van der Waals surface area contributed by atoms with Gasteiger partial charge in [0.1, 0.15) is 0 Å². The van der Waals surface area contributed by atoms with Crippen molar-refractivity contribution in [3.05, 3.63) is 40.2 Å². The Balaban J connectivity index is 2.22. The summed E-state index contributed by atoms with van der Waals surface area (Å²) < 4.78 is 0. The van der Waals surface area contributed by atoms with Crippen molar-refractivity contribution >= 4 is 11.3 Å². The van der Waals surface area contributed by atoms with Crippen molar-refractivity contribution in [3.63, 3.8) is 0 Å². The maximum absolute atomic E-state index is 4.68. The first kappa shape index (κ1) is 12.3. The fourth-order valence-electron chi connectivity index (χ4n) is 2.00. The van der Waals surface area contributed by atoms with Gasteiger partial charge < -0.3 is 0 Å². The molecule has 0 aliphatic rings. The Morgan fingerprint density at radius 3 is 2.59 bits per heavy atom. The van der Waals surface area contributed by atoms with Crippen molar-refractivity contribution in [1.29, 1.82) is 0 Å². The largest absolute Gasteiger partial charge is 0.241 e. The van der Waals surface area contributed by atoms with Crippen molar-refractivity contribution in [2.45, 2.75) is 39.5 Å². The van der Waals surface area contributed by atoms with E-state index in [-0.39, 0.29) is 0 Å². The number of thiazole rings is 1. The molecule has 0 spiro atoms. The molecule has 1 aromatic heterocycles. The SMILES string of the molecule is CCCCCc1sc(C)nc1-c1ccccc1. The molecule has 1 heterocycles. The van der Waals surface area contributed by atoms with Crippen LogP contribution in [0.15, 0.2) is 30.3 Å². The highest BCUT2D eigenvalue weighted by molar-refractivity contribution is 7.12. The number of benzene rings is 1. The van der Waals surface area contributed by atoms with E-state index in [0.717, 1.165) is 0 Å². The summed E-state index contributed by atoms with van der Waals surface area (Å²) in [5.41, 5.74) is 2.45. The second-order valence-electron chi connectivity index (χ2n) is 4.33. The summed E-state index contributed by atoms with van der Waals surface area (Å²) in [6.45, 7) is 4.34. The maximum Gasteiger partial charge on any atom is 0.0904 e. The second kappa shape index (κ2) is 5.97. The molecule has 0 unspecified atom stereocenters. The van der Waals surface area contributed by atoms with Gasteiger partial charge in [-0.3, -0.25) is 0 Å². The normalized spacial score (nSPS) is 10.7. The number of rotatable bonds is 5. The monoisotopic (exact) mass is 245 g/mol. The van der Waals surface area contributed by atoms with E-state index in [2.05, 4.69) is 49.2 Å². The van der Waals surface area contributed by atoms with Crippen LogP contribution in [0, 0.1) is 6.92 Å². The molecule has 0 amide bonds. The van der Waals surface area contributed by atoms with E-state index in [9.17, 15) is 0 Å². The number of hydrogen-bond acceptors (Lipinski definition) is 2. The number of nitrogens with zero attached hydrogens (tertiary/aromatic N) is 1. The Morgan fingerprint density at radius 1 is 1.12 bits per heavy atom. The van der Waals surface area contributed by atoms with E-state index in [1.807, 2.05) is 11.3 Å². The standard InChI is InChI=1S/C15H19NS/c1-3-4-6-11-14-15(16-12(2)17-14)13-9-7-5-8-10-13/h5,7-10H,3-4,6,11H2,1-2H3. The molecule has 90 valence electrons. The predicted molar refractivity (Wildman–Crippen MR) is 75.5 cm³/mol. The molecule has 0 aliphatic heterocycles. The van der Waals surface area contributed by atoms with Crippen molar-refractivity contribution in [1.82, 2.24) is 4.98 Å². The average Bonchev–Trinajstić information content (AvgIpc) is 2.72. The highest BCUT2D eigenvalue weighted by Gasteiger charge is 2.10. The number of aryl methyl sites for hydroxylation is 2. The van der Waals surface area contributed by atoms with Crippen LogP contribution in [0.5, 0.6) is 0 Å². The summed E-state index contributed by atoms with van der Waals surface area (Å²) in [6, 6.07) is 10.5. The van der Waals surface area contributed by atoms with E-state index in [0.29, 0.717) is 0 Å². The van der Waals surface area contributed by atoms with Crippen molar-refractivity contribution in [2.75, 3.05) is 0 Å². The summed E-state index contributed by atoms with van der Waals surface area (Å²) in [6.07, 6.45) is 5.03. The molecule has 0 aliphatic carbocycles. The van der Waals surface area contributed by atoms with Crippen molar-refractivity contribution in [2.24, 2.45) is 0 Å². The molecule has 0 N–H and O–H groups in total. The van der Waals surface area contributed by atoms with Crippen molar-refractivity contribution < 1.29 is 0 Å². The minimum atomic E-state index is 1.17. The van der Waals surface area contributed by atoms with Gasteiger partial charge in [-0.05, 0) is 19.8 Å². The highest BCUT2D eigenvalue weighted by Crippen LogP contribution is 2.29. The van der Waals surface area contributed by atoms with E-state index in [4.69, 9.17) is 0 Å². The average molecular weight is 245 g/mol. The molecule has 0 radical (unpaired) electrons. The molecular formula is C15H19NS. The van der Waals surface area contributed by atoms with Gasteiger partial charge in [-0.1, -0.05) is 50.1 Å². The third-order valence-electron chi connectivity index (χ3n) is 2.86. The lowest BCUT2D eigenvalue weighted by atomic mass is 10.1. The molecule has 0 atom stereocenters. The molecule has 17 heavy (non-hydrogen) atoms. The topological polar surface area (TPSA) is 12.9 Å². The van der Waals surface area contributed by atoms with Gasteiger partial charge in [-0.15, -0.1) is 11.3 Å². The third-order valence-corrected chi connectivity index (χ3v) is 3.89. The smallest absolute Gasteiger partial charge is 0.0904 e. The Hall–Kier alpha value is -1.15. The lowest BCUT2D eigenvalue weighted by Gasteiger charge is -2.01. The van der Waals surface area contributed by atoms with Crippen LogP contribution < -0.4 is 0 Å². The molecule has 2 aromatic rings. The van der Waals surface area contributed by atoms with Crippen LogP contribution in [0.2, 0.25) is 0 Å². The summed E-state index contributed by atoms with van der Waals surface area (Å²) in [4.78, 5) is 6.12. The molecular weight excluding hydrogens is 226 g/mol. The van der Waals surface area contributed by atoms with Gasteiger partial charge in [0.05, 0.1) is 10.7 Å².